The van der Waals surface area contributed by atoms with Crippen molar-refractivity contribution in [2.24, 2.45) is 5.92 Å². The van der Waals surface area contributed by atoms with Crippen molar-refractivity contribution in [2.75, 3.05) is 18.9 Å². The monoisotopic (exact) mass is 366 g/mol. The number of amides is 1. The Morgan fingerprint density at radius 1 is 1.29 bits per heavy atom. The highest BCUT2D eigenvalue weighted by atomic mass is 35.5. The number of para-hydroxylation sites is 1. The van der Waals surface area contributed by atoms with Gasteiger partial charge in [-0.05, 0) is 43.7 Å². The molecule has 2 unspecified atom stereocenters. The number of benzene rings is 1. The molecule has 1 fully saturated rings. The highest BCUT2D eigenvalue weighted by Gasteiger charge is 2.36. The normalized spacial score (nSPS) is 19.5. The largest absolute Gasteiger partial charge is 0.464 e. The Morgan fingerprint density at radius 2 is 1.96 bits per heavy atom. The van der Waals surface area contributed by atoms with E-state index in [0.717, 1.165) is 11.5 Å². The van der Waals surface area contributed by atoms with Gasteiger partial charge < -0.3 is 9.73 Å². The van der Waals surface area contributed by atoms with Crippen molar-refractivity contribution in [1.82, 2.24) is 4.90 Å². The lowest BCUT2D eigenvalue weighted by molar-refractivity contribution is -0.117. The molecule has 0 radical (unpaired) electrons. The van der Waals surface area contributed by atoms with E-state index in [1.54, 1.807) is 18.2 Å². The molecule has 4 nitrogen and oxygen atoms in total. The summed E-state index contributed by atoms with van der Waals surface area (Å²) >= 11 is 12.1. The Morgan fingerprint density at radius 3 is 2.58 bits per heavy atom. The molecule has 0 spiro atoms. The van der Waals surface area contributed by atoms with Crippen molar-refractivity contribution in [3.05, 3.63) is 51.9 Å². The van der Waals surface area contributed by atoms with E-state index in [1.165, 1.54) is 6.42 Å². The first-order valence-electron chi connectivity index (χ1n) is 7.95. The summed E-state index contributed by atoms with van der Waals surface area (Å²) in [7, 11) is 1.87. The molecule has 0 aliphatic heterocycles. The van der Waals surface area contributed by atoms with Gasteiger partial charge in [-0.1, -0.05) is 36.2 Å². The number of furan rings is 1. The van der Waals surface area contributed by atoms with Crippen LogP contribution in [0.4, 0.5) is 5.69 Å². The summed E-state index contributed by atoms with van der Waals surface area (Å²) in [5.41, 5.74) is 0.447. The molecule has 2 atom stereocenters. The summed E-state index contributed by atoms with van der Waals surface area (Å²) in [5.74, 6) is 3.03. The van der Waals surface area contributed by atoms with Crippen LogP contribution in [-0.4, -0.2) is 24.4 Å². The Hall–Kier alpha value is -1.49. The van der Waals surface area contributed by atoms with Crippen LogP contribution in [0.5, 0.6) is 0 Å². The smallest absolute Gasteiger partial charge is 0.238 e. The van der Waals surface area contributed by atoms with E-state index in [4.69, 9.17) is 27.6 Å². The molecular weight excluding hydrogens is 347 g/mol. The highest BCUT2D eigenvalue weighted by Crippen LogP contribution is 2.47. The number of nitrogens with one attached hydrogen (secondary N) is 1. The molecule has 1 aromatic carbocycles. The van der Waals surface area contributed by atoms with Crippen molar-refractivity contribution in [3.8, 4) is 0 Å². The number of hydrogen-bond acceptors (Lipinski definition) is 3. The number of halogens is 2. The van der Waals surface area contributed by atoms with Gasteiger partial charge >= 0.3 is 0 Å². The number of carbonyl (C=O) groups is 1. The van der Waals surface area contributed by atoms with E-state index in [1.807, 2.05) is 24.1 Å². The van der Waals surface area contributed by atoms with Crippen LogP contribution in [0.15, 0.2) is 34.7 Å². The Labute approximate surface area is 151 Å². The van der Waals surface area contributed by atoms with Crippen LogP contribution in [0.1, 0.15) is 30.8 Å². The van der Waals surface area contributed by atoms with Crippen molar-refractivity contribution in [3.63, 3.8) is 0 Å². The first kappa shape index (κ1) is 17.3. The van der Waals surface area contributed by atoms with E-state index < -0.39 is 0 Å². The summed E-state index contributed by atoms with van der Waals surface area (Å²) < 4.78 is 5.87. The molecule has 128 valence electrons. The van der Waals surface area contributed by atoms with Crippen LogP contribution in [0.3, 0.4) is 0 Å². The molecule has 24 heavy (non-hydrogen) atoms. The first-order chi connectivity index (χ1) is 11.4. The summed E-state index contributed by atoms with van der Waals surface area (Å²) in [5, 5.41) is 3.61. The first-order valence-corrected chi connectivity index (χ1v) is 8.70. The second-order valence-corrected chi connectivity index (χ2v) is 7.26. The van der Waals surface area contributed by atoms with E-state index in [-0.39, 0.29) is 12.5 Å². The molecule has 1 N–H and O–H groups in total. The standard InChI is InChI=1S/C18H20Cl2N2O2/c1-11-8-13(11)16-7-6-12(24-16)9-22(2)10-17(23)21-18-14(19)4-3-5-15(18)20/h3-7,11,13H,8-10H2,1-2H3,(H,21,23). The zero-order chi connectivity index (χ0) is 17.3. The van der Waals surface area contributed by atoms with Gasteiger partial charge in [0.1, 0.15) is 11.5 Å². The summed E-state index contributed by atoms with van der Waals surface area (Å²) in [4.78, 5) is 14.1. The zero-order valence-corrected chi connectivity index (χ0v) is 15.2. The van der Waals surface area contributed by atoms with Crippen LogP contribution in [0.25, 0.3) is 0 Å². The fourth-order valence-electron chi connectivity index (χ4n) is 2.76. The molecule has 2 aromatic rings. The van der Waals surface area contributed by atoms with Crippen molar-refractivity contribution in [1.29, 1.82) is 0 Å². The highest BCUT2D eigenvalue weighted by molar-refractivity contribution is 6.39. The van der Waals surface area contributed by atoms with Gasteiger partial charge in [-0.15, -0.1) is 0 Å². The minimum Gasteiger partial charge on any atom is -0.464 e. The zero-order valence-electron chi connectivity index (χ0n) is 13.7. The van der Waals surface area contributed by atoms with E-state index in [2.05, 4.69) is 12.2 Å². The van der Waals surface area contributed by atoms with Gasteiger partial charge in [0.25, 0.3) is 0 Å². The van der Waals surface area contributed by atoms with Crippen LogP contribution >= 0.6 is 23.2 Å². The number of anilines is 1. The topological polar surface area (TPSA) is 45.5 Å². The average Bonchev–Trinajstić information content (AvgIpc) is 3.05. The molecule has 3 rings (SSSR count). The Balaban J connectivity index is 1.53. The lowest BCUT2D eigenvalue weighted by atomic mass is 10.3. The van der Waals surface area contributed by atoms with Crippen LogP contribution in [0.2, 0.25) is 10.0 Å². The average molecular weight is 367 g/mol. The van der Waals surface area contributed by atoms with Crippen LogP contribution in [-0.2, 0) is 11.3 Å². The van der Waals surface area contributed by atoms with Gasteiger partial charge in [-0.3, -0.25) is 9.69 Å². The third-order valence-corrected chi connectivity index (χ3v) is 4.85. The molecular formula is C18H20Cl2N2O2. The van der Waals surface area contributed by atoms with Crippen LogP contribution < -0.4 is 5.32 Å². The van der Waals surface area contributed by atoms with Gasteiger partial charge in [-0.2, -0.15) is 0 Å². The van der Waals surface area contributed by atoms with E-state index >= 15 is 0 Å². The molecule has 1 heterocycles. The molecule has 1 aromatic heterocycles. The van der Waals surface area contributed by atoms with E-state index in [9.17, 15) is 4.79 Å². The number of carbonyl (C=O) groups excluding carboxylic acids is 1. The number of hydrogen-bond donors (Lipinski definition) is 1. The quantitative estimate of drug-likeness (QED) is 0.799. The predicted octanol–water partition coefficient (Wildman–Crippen LogP) is 4.78. The molecule has 0 bridgehead atoms. The maximum atomic E-state index is 12.2. The molecule has 1 amide bonds. The SMILES string of the molecule is CC1CC1c1ccc(CN(C)CC(=O)Nc2c(Cl)cccc2Cl)o1. The second kappa shape index (κ2) is 7.18. The number of likely N-dealkylation sites (N-methyl/N-ethyl adjacent to an activating group) is 1. The van der Waals surface area contributed by atoms with Gasteiger partial charge in [-0.25, -0.2) is 0 Å². The van der Waals surface area contributed by atoms with Gasteiger partial charge in [0.15, 0.2) is 0 Å². The molecule has 1 saturated carbocycles. The van der Waals surface area contributed by atoms with Gasteiger partial charge in [0.2, 0.25) is 5.91 Å². The number of nitrogens with zero attached hydrogens (tertiary/aromatic N) is 1. The molecule has 6 heteroatoms. The second-order valence-electron chi connectivity index (χ2n) is 6.44. The minimum absolute atomic E-state index is 0.171. The third kappa shape index (κ3) is 4.12. The fraction of sp³-hybridized carbons (Fsp3) is 0.389. The predicted molar refractivity (Wildman–Crippen MR) is 96.7 cm³/mol. The lowest BCUT2D eigenvalue weighted by Crippen LogP contribution is -2.29. The summed E-state index contributed by atoms with van der Waals surface area (Å²) in [6.07, 6.45) is 1.20. The maximum absolute atomic E-state index is 12.2. The summed E-state index contributed by atoms with van der Waals surface area (Å²) in [6.45, 7) is 3.02. The lowest BCUT2D eigenvalue weighted by Gasteiger charge is -2.16. The molecule has 0 saturated heterocycles. The Kier molecular flexibility index (Phi) is 5.18. The maximum Gasteiger partial charge on any atom is 0.238 e. The van der Waals surface area contributed by atoms with Crippen molar-refractivity contribution < 1.29 is 9.21 Å². The number of rotatable bonds is 6. The fourth-order valence-corrected chi connectivity index (χ4v) is 3.25. The Bertz CT molecular complexity index is 724. The van der Waals surface area contributed by atoms with E-state index in [0.29, 0.717) is 34.1 Å². The summed E-state index contributed by atoms with van der Waals surface area (Å²) in [6, 6.07) is 9.15. The van der Waals surface area contributed by atoms with Crippen molar-refractivity contribution in [2.45, 2.75) is 25.8 Å². The van der Waals surface area contributed by atoms with Crippen molar-refractivity contribution >= 4 is 34.8 Å². The van der Waals surface area contributed by atoms with Gasteiger partial charge in [0, 0.05) is 5.92 Å². The third-order valence-electron chi connectivity index (χ3n) is 4.22. The van der Waals surface area contributed by atoms with Crippen LogP contribution in [0, 0.1) is 5.92 Å². The minimum atomic E-state index is -0.171. The van der Waals surface area contributed by atoms with Gasteiger partial charge in [0.05, 0.1) is 28.8 Å². The molecule has 1 aliphatic rings. The molecule has 1 aliphatic carbocycles.